The van der Waals surface area contributed by atoms with E-state index in [1.165, 1.54) is 16.3 Å². The molecule has 0 aromatic heterocycles. The van der Waals surface area contributed by atoms with Crippen LogP contribution in [-0.4, -0.2) is 0 Å². The largest absolute Gasteiger partial charge is 0.117 e. The number of rotatable bonds is 3. The SMILES string of the molecule is CC(C)C(C)C(Cl)c1cccc2ccccc12. The number of fused-ring (bicyclic) bond motifs is 1. The fourth-order valence-corrected chi connectivity index (χ4v) is 2.59. The minimum Gasteiger partial charge on any atom is -0.117 e. The van der Waals surface area contributed by atoms with E-state index in [2.05, 4.69) is 63.2 Å². The second-order valence-corrected chi connectivity index (χ2v) is 5.54. The summed E-state index contributed by atoms with van der Waals surface area (Å²) in [7, 11) is 0. The molecule has 2 aromatic rings. The van der Waals surface area contributed by atoms with Crippen LogP contribution in [0.3, 0.4) is 0 Å². The average Bonchev–Trinajstić information content (AvgIpc) is 2.36. The van der Waals surface area contributed by atoms with Gasteiger partial charge < -0.3 is 0 Å². The van der Waals surface area contributed by atoms with Gasteiger partial charge in [0.1, 0.15) is 0 Å². The van der Waals surface area contributed by atoms with Gasteiger partial charge in [0.15, 0.2) is 0 Å². The lowest BCUT2D eigenvalue weighted by Gasteiger charge is -2.23. The highest BCUT2D eigenvalue weighted by Crippen LogP contribution is 2.36. The minimum absolute atomic E-state index is 0.0844. The van der Waals surface area contributed by atoms with Gasteiger partial charge in [0.2, 0.25) is 0 Å². The Hall–Kier alpha value is -1.01. The van der Waals surface area contributed by atoms with Crippen molar-refractivity contribution >= 4 is 22.4 Å². The third-order valence-electron chi connectivity index (χ3n) is 3.63. The van der Waals surface area contributed by atoms with Crippen LogP contribution in [0.25, 0.3) is 10.8 Å². The molecule has 2 aromatic carbocycles. The van der Waals surface area contributed by atoms with Crippen molar-refractivity contribution in [3.63, 3.8) is 0 Å². The lowest BCUT2D eigenvalue weighted by molar-refractivity contribution is 0.407. The van der Waals surface area contributed by atoms with Gasteiger partial charge in [-0.1, -0.05) is 63.2 Å². The normalized spacial score (nSPS) is 15.1. The summed E-state index contributed by atoms with van der Waals surface area (Å²) in [5, 5.41) is 2.63. The van der Waals surface area contributed by atoms with Gasteiger partial charge in [-0.3, -0.25) is 0 Å². The third kappa shape index (κ3) is 2.47. The Balaban J connectivity index is 2.48. The fourth-order valence-electron chi connectivity index (χ4n) is 2.11. The summed E-state index contributed by atoms with van der Waals surface area (Å²) in [4.78, 5) is 0. The lowest BCUT2D eigenvalue weighted by atomic mass is 9.88. The zero-order valence-corrected chi connectivity index (χ0v) is 11.4. The summed E-state index contributed by atoms with van der Waals surface area (Å²) in [6.45, 7) is 6.68. The standard InChI is InChI=1S/C16H19Cl/c1-11(2)12(3)16(17)15-10-6-8-13-7-4-5-9-14(13)15/h4-12,16H,1-3H3. The first-order valence-electron chi connectivity index (χ1n) is 6.23. The Morgan fingerprint density at radius 2 is 1.53 bits per heavy atom. The van der Waals surface area contributed by atoms with E-state index in [1.54, 1.807) is 0 Å². The number of halogens is 1. The minimum atomic E-state index is 0.0844. The van der Waals surface area contributed by atoms with E-state index in [1.807, 2.05) is 0 Å². The van der Waals surface area contributed by atoms with Crippen molar-refractivity contribution in [3.05, 3.63) is 48.0 Å². The van der Waals surface area contributed by atoms with E-state index >= 15 is 0 Å². The zero-order chi connectivity index (χ0) is 12.4. The van der Waals surface area contributed by atoms with E-state index in [0.717, 1.165) is 0 Å². The van der Waals surface area contributed by atoms with Gasteiger partial charge in [-0.05, 0) is 28.2 Å². The van der Waals surface area contributed by atoms with E-state index < -0.39 is 0 Å². The molecule has 17 heavy (non-hydrogen) atoms. The highest BCUT2D eigenvalue weighted by atomic mass is 35.5. The molecule has 2 unspecified atom stereocenters. The summed E-state index contributed by atoms with van der Waals surface area (Å²) < 4.78 is 0. The molecule has 1 heteroatoms. The molecule has 0 heterocycles. The predicted molar refractivity (Wildman–Crippen MR) is 76.5 cm³/mol. The van der Waals surface area contributed by atoms with E-state index in [0.29, 0.717) is 11.8 Å². The van der Waals surface area contributed by atoms with Crippen molar-refractivity contribution in [2.24, 2.45) is 11.8 Å². The maximum Gasteiger partial charge on any atom is 0.0619 e. The van der Waals surface area contributed by atoms with E-state index in [-0.39, 0.29) is 5.38 Å². The first-order valence-corrected chi connectivity index (χ1v) is 6.66. The molecule has 0 aliphatic carbocycles. The van der Waals surface area contributed by atoms with Crippen molar-refractivity contribution in [2.45, 2.75) is 26.1 Å². The monoisotopic (exact) mass is 246 g/mol. The molecule has 0 aliphatic heterocycles. The van der Waals surface area contributed by atoms with Crippen LogP contribution in [0.2, 0.25) is 0 Å². The van der Waals surface area contributed by atoms with Gasteiger partial charge in [0, 0.05) is 0 Å². The molecule has 0 bridgehead atoms. The molecule has 0 saturated heterocycles. The van der Waals surface area contributed by atoms with Crippen molar-refractivity contribution in [1.82, 2.24) is 0 Å². The van der Waals surface area contributed by atoms with E-state index in [9.17, 15) is 0 Å². The number of hydrogen-bond acceptors (Lipinski definition) is 0. The van der Waals surface area contributed by atoms with Gasteiger partial charge >= 0.3 is 0 Å². The van der Waals surface area contributed by atoms with Crippen LogP contribution < -0.4 is 0 Å². The van der Waals surface area contributed by atoms with Gasteiger partial charge in [0.05, 0.1) is 5.38 Å². The molecule has 0 fully saturated rings. The Bertz CT molecular complexity index is 496. The second-order valence-electron chi connectivity index (χ2n) is 5.07. The molecule has 0 radical (unpaired) electrons. The maximum absolute atomic E-state index is 6.63. The Morgan fingerprint density at radius 3 is 2.24 bits per heavy atom. The van der Waals surface area contributed by atoms with Gasteiger partial charge in [0.25, 0.3) is 0 Å². The third-order valence-corrected chi connectivity index (χ3v) is 4.27. The Labute approximate surface area is 109 Å². The molecule has 0 nitrogen and oxygen atoms in total. The molecule has 0 N–H and O–H groups in total. The molecule has 2 atom stereocenters. The summed E-state index contributed by atoms with van der Waals surface area (Å²) >= 11 is 6.63. The lowest BCUT2D eigenvalue weighted by Crippen LogP contribution is -2.11. The van der Waals surface area contributed by atoms with Crippen LogP contribution in [0.4, 0.5) is 0 Å². The van der Waals surface area contributed by atoms with Crippen LogP contribution in [0.5, 0.6) is 0 Å². The first kappa shape index (κ1) is 12.4. The van der Waals surface area contributed by atoms with Crippen LogP contribution in [-0.2, 0) is 0 Å². The number of benzene rings is 2. The average molecular weight is 247 g/mol. The van der Waals surface area contributed by atoms with Crippen molar-refractivity contribution in [2.75, 3.05) is 0 Å². The molecule has 0 amide bonds. The summed E-state index contributed by atoms with van der Waals surface area (Å²) in [6.07, 6.45) is 0. The van der Waals surface area contributed by atoms with Gasteiger partial charge in [-0.25, -0.2) is 0 Å². The fraction of sp³-hybridized carbons (Fsp3) is 0.375. The number of alkyl halides is 1. The molecule has 0 aliphatic rings. The zero-order valence-electron chi connectivity index (χ0n) is 10.7. The second kappa shape index (κ2) is 5.10. The molecule has 2 rings (SSSR count). The van der Waals surface area contributed by atoms with Crippen molar-refractivity contribution in [3.8, 4) is 0 Å². The summed E-state index contributed by atoms with van der Waals surface area (Å²) in [6, 6.07) is 14.8. The number of hydrogen-bond donors (Lipinski definition) is 0. The van der Waals surface area contributed by atoms with Crippen LogP contribution in [0.1, 0.15) is 31.7 Å². The quantitative estimate of drug-likeness (QED) is 0.635. The van der Waals surface area contributed by atoms with Gasteiger partial charge in [-0.2, -0.15) is 0 Å². The van der Waals surface area contributed by atoms with Crippen LogP contribution in [0.15, 0.2) is 42.5 Å². The predicted octanol–water partition coefficient (Wildman–Crippen LogP) is 5.41. The topological polar surface area (TPSA) is 0 Å². The molecular weight excluding hydrogens is 228 g/mol. The highest BCUT2D eigenvalue weighted by molar-refractivity contribution is 6.22. The van der Waals surface area contributed by atoms with Crippen LogP contribution in [0, 0.1) is 11.8 Å². The van der Waals surface area contributed by atoms with Crippen LogP contribution >= 0.6 is 11.6 Å². The Morgan fingerprint density at radius 1 is 0.882 bits per heavy atom. The molecule has 90 valence electrons. The maximum atomic E-state index is 6.63. The summed E-state index contributed by atoms with van der Waals surface area (Å²) in [5.74, 6) is 1.07. The molecule has 0 spiro atoms. The highest BCUT2D eigenvalue weighted by Gasteiger charge is 2.20. The smallest absolute Gasteiger partial charge is 0.0619 e. The molecular formula is C16H19Cl. The molecule has 0 saturated carbocycles. The van der Waals surface area contributed by atoms with Crippen molar-refractivity contribution in [1.29, 1.82) is 0 Å². The van der Waals surface area contributed by atoms with Gasteiger partial charge in [-0.15, -0.1) is 11.6 Å². The van der Waals surface area contributed by atoms with E-state index in [4.69, 9.17) is 11.6 Å². The van der Waals surface area contributed by atoms with Crippen molar-refractivity contribution < 1.29 is 0 Å². The first-order chi connectivity index (χ1) is 8.11. The summed E-state index contributed by atoms with van der Waals surface area (Å²) in [5.41, 5.74) is 1.26. The Kier molecular flexibility index (Phi) is 3.73.